The summed E-state index contributed by atoms with van der Waals surface area (Å²) in [6.07, 6.45) is 26.3. The maximum absolute atomic E-state index is 10.1. The Morgan fingerprint density at radius 2 is 0.635 bits per heavy atom. The number of benzene rings is 13. The van der Waals surface area contributed by atoms with E-state index in [9.17, 15) is 5.11 Å². The predicted molar refractivity (Wildman–Crippen MR) is 580 cm³/mol. The van der Waals surface area contributed by atoms with Gasteiger partial charge in [0, 0.05) is 81.1 Å². The van der Waals surface area contributed by atoms with Gasteiger partial charge in [-0.3, -0.25) is 13.7 Å². The van der Waals surface area contributed by atoms with Crippen LogP contribution in [0.1, 0.15) is 237 Å². The maximum Gasteiger partial charge on any atom is 1.00 e. The molecule has 137 heavy (non-hydrogen) atoms. The van der Waals surface area contributed by atoms with Crippen molar-refractivity contribution in [3.05, 3.63) is 378 Å². The van der Waals surface area contributed by atoms with Crippen LogP contribution in [0.25, 0.3) is 95.7 Å². The number of anilines is 4. The molecule has 2 aliphatic carbocycles. The van der Waals surface area contributed by atoms with Crippen LogP contribution in [-0.4, -0.2) is 59.8 Å². The van der Waals surface area contributed by atoms with Gasteiger partial charge in [0.15, 0.2) is 0 Å². The van der Waals surface area contributed by atoms with Crippen LogP contribution in [0, 0.1) is 0 Å². The molecular weight excluding hydrogens is 1770 g/mol. The standard InChI is InChI=1S/C60H59N5.C27H27BrN2.C26H35O2P.C6H7N.C4H9O.Na/c1-40(2)53-36-48(44-20-12-9-13-21-44)37-54(41(3)4)57(53)63-32-30-61-59(63)46-24-18-28-51(34-46)65(50-26-16-11-17-27-50)52-29-19-25-47(35-52)60-62-31-33-64(60)58-55(42(5)6)38-49(39-56(58)43(7)8)45-22-14-10-15-23-45;1-18(2)24-16-22(20-9-6-5-7-10-20)17-25(19(3)4)26(24)30-14-13-29-27(30)21-11-8-12-23(28)15-21;1-27-23-17-11-18-24(28-2)26(23)22-16-9-10-19-25(22)29(20-12-5-3-6-13-20)21-14-7-4-8-15-21;7-6-4-2-1-3-5-6;1-4(2,3)5;/h9-43H,1-8H3;5-19H,1-4H3;9-11,16-21H,3-8,12-15H2,1-2H3;1-5H,7H2;1-3H3;/q;;;;-1;+1. The van der Waals surface area contributed by atoms with E-state index in [1.165, 1.54) is 154 Å². The SMILES string of the molecule is CC(C)(C)[O-].CC(C)c1cc(-c2ccccc2)cc(C(C)C)c1-n1ccnc1-c1cccc(Br)c1.CC(C)c1cc(-c2ccccc2)cc(C(C)C)c1-n1ccnc1-c1cccc(N(c2ccccc2)c2cccc(-c3nccn3-c3c(C(C)C)cc(-c4ccccc4)cc3C(C)C)c2)c1.COc1cccc(OC)c1-c1ccccc1P(C1CCCCC1)C1CCCCC1.Nc1ccccc1.[Na+]. The van der Waals surface area contributed by atoms with Gasteiger partial charge in [0.25, 0.3) is 0 Å². The molecule has 18 rings (SSSR count). The molecule has 0 bridgehead atoms. The third kappa shape index (κ3) is 25.7. The zero-order valence-electron chi connectivity index (χ0n) is 83.8. The van der Waals surface area contributed by atoms with Crippen molar-refractivity contribution in [3.8, 4) is 107 Å². The first-order chi connectivity index (χ1) is 65.7. The Hall–Kier alpha value is -11.4. The molecule has 2 N–H and O–H groups in total. The van der Waals surface area contributed by atoms with Gasteiger partial charge in [-0.05, 0) is 259 Å². The van der Waals surface area contributed by atoms with Crippen molar-refractivity contribution in [2.45, 2.75) is 220 Å². The van der Waals surface area contributed by atoms with Gasteiger partial charge in [-0.15, -0.1) is 5.60 Å². The van der Waals surface area contributed by atoms with Gasteiger partial charge in [0.1, 0.15) is 29.0 Å². The molecule has 0 unspecified atom stereocenters. The number of imidazole rings is 3. The Kier molecular flexibility index (Phi) is 36.6. The Balaban J connectivity index is 0.000000181. The fourth-order valence-electron chi connectivity index (χ4n) is 19.1. The molecule has 16 aromatic rings. The van der Waals surface area contributed by atoms with E-state index < -0.39 is 5.60 Å². The van der Waals surface area contributed by atoms with Crippen molar-refractivity contribution < 1.29 is 44.1 Å². The Morgan fingerprint density at radius 1 is 0.350 bits per heavy atom. The molecule has 3 heterocycles. The molecule has 11 nitrogen and oxygen atoms in total. The van der Waals surface area contributed by atoms with Crippen LogP contribution in [0.3, 0.4) is 0 Å². The number of methoxy groups -OCH3 is 2. The second-order valence-electron chi connectivity index (χ2n) is 38.7. The van der Waals surface area contributed by atoms with Gasteiger partial charge in [0.05, 0.1) is 36.8 Å². The third-order valence-corrected chi connectivity index (χ3v) is 29.7. The molecule has 2 aliphatic rings. The number of nitrogens with two attached hydrogens (primary N) is 1. The van der Waals surface area contributed by atoms with Crippen molar-refractivity contribution >= 4 is 51.9 Å². The number of nitrogen functional groups attached to an aromatic ring is 1. The summed E-state index contributed by atoms with van der Waals surface area (Å²) in [6, 6.07) is 108. The smallest absolute Gasteiger partial charge is 0.850 e. The summed E-state index contributed by atoms with van der Waals surface area (Å²) in [5.74, 6) is 6.58. The summed E-state index contributed by atoms with van der Waals surface area (Å²) in [5, 5.41) is 11.7. The Labute approximate surface area is 848 Å². The quantitative estimate of drug-likeness (QED) is 0.0360. The molecule has 0 saturated heterocycles. The van der Waals surface area contributed by atoms with Crippen LogP contribution in [0.5, 0.6) is 11.5 Å². The summed E-state index contributed by atoms with van der Waals surface area (Å²) >= 11 is 3.60. The normalized spacial score (nSPS) is 12.9. The van der Waals surface area contributed by atoms with Crippen LogP contribution in [0.2, 0.25) is 0 Å². The molecule has 0 radical (unpaired) electrons. The van der Waals surface area contributed by atoms with Crippen molar-refractivity contribution in [2.24, 2.45) is 0 Å². The molecule has 3 aromatic heterocycles. The molecule has 0 amide bonds. The van der Waals surface area contributed by atoms with Gasteiger partial charge in [-0.1, -0.05) is 360 Å². The van der Waals surface area contributed by atoms with E-state index in [1.807, 2.05) is 61.1 Å². The van der Waals surface area contributed by atoms with Crippen LogP contribution in [0.4, 0.5) is 22.7 Å². The molecule has 700 valence electrons. The molecule has 2 fully saturated rings. The van der Waals surface area contributed by atoms with Crippen LogP contribution in [-0.2, 0) is 0 Å². The molecule has 0 spiro atoms. The summed E-state index contributed by atoms with van der Waals surface area (Å²) in [4.78, 5) is 17.2. The molecule has 0 aliphatic heterocycles. The van der Waals surface area contributed by atoms with Gasteiger partial charge in [0.2, 0.25) is 0 Å². The van der Waals surface area contributed by atoms with E-state index in [4.69, 9.17) is 30.2 Å². The number of para-hydroxylation sites is 2. The van der Waals surface area contributed by atoms with Gasteiger partial charge >= 0.3 is 29.6 Å². The largest absolute Gasteiger partial charge is 1.00 e. The number of hydrogen-bond acceptors (Lipinski definition) is 8. The predicted octanol–water partition coefficient (Wildman–Crippen LogP) is 30.5. The first kappa shape index (κ1) is 103. The fourth-order valence-corrected chi connectivity index (χ4v) is 23.5. The fraction of sp³-hybridized carbons (Fsp3) is 0.293. The van der Waals surface area contributed by atoms with Crippen LogP contribution in [0.15, 0.2) is 345 Å². The molecule has 13 aromatic carbocycles. The molecule has 0 atom stereocenters. The minimum Gasteiger partial charge on any atom is -0.850 e. The minimum atomic E-state index is -0.750. The number of nitrogens with zero attached hydrogens (tertiary/aromatic N) is 7. The zero-order chi connectivity index (χ0) is 96.1. The maximum atomic E-state index is 10.1. The summed E-state index contributed by atoms with van der Waals surface area (Å²) in [7, 11) is 3.36. The van der Waals surface area contributed by atoms with E-state index in [2.05, 4.69) is 397 Å². The summed E-state index contributed by atoms with van der Waals surface area (Å²) in [6.45, 7) is 32.3. The molecule has 2 saturated carbocycles. The number of rotatable bonds is 24. The first-order valence-corrected chi connectivity index (χ1v) is 51.2. The van der Waals surface area contributed by atoms with Crippen molar-refractivity contribution in [3.63, 3.8) is 0 Å². The van der Waals surface area contributed by atoms with Crippen LogP contribution < -0.4 is 60.1 Å². The molecular formula is C123H137BrN8NaO3P. The Bertz CT molecular complexity index is 6200. The zero-order valence-corrected chi connectivity index (χ0v) is 88.3. The second kappa shape index (κ2) is 48.7. The Morgan fingerprint density at radius 3 is 0.949 bits per heavy atom. The number of aromatic nitrogens is 6. The van der Waals surface area contributed by atoms with E-state index in [-0.39, 0.29) is 37.5 Å². The van der Waals surface area contributed by atoms with Crippen molar-refractivity contribution in [1.29, 1.82) is 0 Å². The molecule has 14 heteroatoms. The van der Waals surface area contributed by atoms with Crippen molar-refractivity contribution in [1.82, 2.24) is 28.7 Å². The monoisotopic (exact) mass is 1910 g/mol. The first-order valence-electron chi connectivity index (χ1n) is 49.0. The topological polar surface area (TPSA) is 124 Å². The summed E-state index contributed by atoms with van der Waals surface area (Å²) < 4.78 is 19.5. The second-order valence-corrected chi connectivity index (χ2v) is 42.4. The average molecular weight is 1910 g/mol. The van der Waals surface area contributed by atoms with Crippen molar-refractivity contribution in [2.75, 3.05) is 24.9 Å². The van der Waals surface area contributed by atoms with E-state index >= 15 is 0 Å². The third-order valence-electron chi connectivity index (χ3n) is 25.6. The van der Waals surface area contributed by atoms with Gasteiger partial charge < -0.3 is 25.2 Å². The van der Waals surface area contributed by atoms with E-state index in [0.717, 1.165) is 89.8 Å². The summed E-state index contributed by atoms with van der Waals surface area (Å²) in [5.41, 5.74) is 35.1. The van der Waals surface area contributed by atoms with Gasteiger partial charge in [-0.25, -0.2) is 15.0 Å². The van der Waals surface area contributed by atoms with Gasteiger partial charge in [-0.2, -0.15) is 0 Å². The van der Waals surface area contributed by atoms with E-state index in [1.54, 1.807) is 40.3 Å². The van der Waals surface area contributed by atoms with E-state index in [0.29, 0.717) is 35.5 Å². The minimum absolute atomic E-state index is 0. The number of halogens is 1. The van der Waals surface area contributed by atoms with Crippen LogP contribution >= 0.6 is 23.9 Å². The number of ether oxygens (including phenoxy) is 2. The average Bonchev–Trinajstić information content (AvgIpc) is 1.77. The number of hydrogen-bond donors (Lipinski definition) is 1.